The molecule has 0 aliphatic carbocycles. The molecule has 0 saturated carbocycles. The van der Waals surface area contributed by atoms with Gasteiger partial charge < -0.3 is 9.73 Å². The van der Waals surface area contributed by atoms with Gasteiger partial charge in [0.1, 0.15) is 5.76 Å². The molecule has 1 saturated heterocycles. The molecule has 0 radical (unpaired) electrons. The number of oxazole rings is 1. The summed E-state index contributed by atoms with van der Waals surface area (Å²) in [5.41, 5.74) is 6.48. The fourth-order valence-electron chi connectivity index (χ4n) is 4.38. The molecular weight excluding hydrogens is 398 g/mol. The van der Waals surface area contributed by atoms with Crippen LogP contribution in [0.25, 0.3) is 11.5 Å². The van der Waals surface area contributed by atoms with E-state index in [1.165, 1.54) is 5.56 Å². The van der Waals surface area contributed by atoms with Crippen molar-refractivity contribution in [3.8, 4) is 11.5 Å². The molecule has 4 rings (SSSR count). The lowest BCUT2D eigenvalue weighted by Gasteiger charge is -2.31. The number of benzene rings is 2. The minimum Gasteiger partial charge on any atom is -0.441 e. The standard InChI is InChI=1S/C27H33N3O2/c1-5-21-9-11-23(12-10-21)27-28-24(20(4)32-27)17-30-15-13-22(14-16-30)26(31)29-25-18(2)7-6-8-19(25)3/h6-12,22H,5,13-17H2,1-4H3,(H,29,31). The van der Waals surface area contributed by atoms with Gasteiger partial charge >= 0.3 is 0 Å². The summed E-state index contributed by atoms with van der Waals surface area (Å²) < 4.78 is 5.96. The average Bonchev–Trinajstić information content (AvgIpc) is 3.17. The van der Waals surface area contributed by atoms with Crippen LogP contribution in [0.2, 0.25) is 0 Å². The van der Waals surface area contributed by atoms with Gasteiger partial charge in [0.15, 0.2) is 0 Å². The Hall–Kier alpha value is -2.92. The highest BCUT2D eigenvalue weighted by molar-refractivity contribution is 5.94. The predicted molar refractivity (Wildman–Crippen MR) is 129 cm³/mol. The van der Waals surface area contributed by atoms with Gasteiger partial charge in [0.2, 0.25) is 11.8 Å². The number of likely N-dealkylation sites (tertiary alicyclic amines) is 1. The minimum atomic E-state index is 0.0521. The van der Waals surface area contributed by atoms with E-state index in [1.807, 2.05) is 39.0 Å². The van der Waals surface area contributed by atoms with Crippen molar-refractivity contribution in [3.63, 3.8) is 0 Å². The molecule has 0 bridgehead atoms. The maximum atomic E-state index is 12.8. The van der Waals surface area contributed by atoms with Crippen molar-refractivity contribution in [1.29, 1.82) is 0 Å². The van der Waals surface area contributed by atoms with Crippen molar-refractivity contribution >= 4 is 11.6 Å². The fourth-order valence-corrected chi connectivity index (χ4v) is 4.38. The van der Waals surface area contributed by atoms with E-state index in [2.05, 4.69) is 41.4 Å². The van der Waals surface area contributed by atoms with Gasteiger partial charge in [-0.15, -0.1) is 0 Å². The van der Waals surface area contributed by atoms with Crippen LogP contribution in [0, 0.1) is 26.7 Å². The Morgan fingerprint density at radius 2 is 1.72 bits per heavy atom. The summed E-state index contributed by atoms with van der Waals surface area (Å²) in [5, 5.41) is 3.17. The van der Waals surface area contributed by atoms with Gasteiger partial charge in [-0.2, -0.15) is 0 Å². The van der Waals surface area contributed by atoms with Crippen LogP contribution < -0.4 is 5.32 Å². The predicted octanol–water partition coefficient (Wildman–Crippen LogP) is 5.68. The number of hydrogen-bond donors (Lipinski definition) is 1. The Morgan fingerprint density at radius 1 is 1.06 bits per heavy atom. The van der Waals surface area contributed by atoms with Crippen molar-refractivity contribution < 1.29 is 9.21 Å². The van der Waals surface area contributed by atoms with Gasteiger partial charge in [0, 0.05) is 23.7 Å². The molecule has 1 amide bonds. The topological polar surface area (TPSA) is 58.4 Å². The number of nitrogens with one attached hydrogen (secondary N) is 1. The maximum absolute atomic E-state index is 12.8. The molecule has 32 heavy (non-hydrogen) atoms. The molecule has 1 fully saturated rings. The molecule has 0 spiro atoms. The quantitative estimate of drug-likeness (QED) is 0.545. The third-order valence-electron chi connectivity index (χ3n) is 6.56. The highest BCUT2D eigenvalue weighted by Crippen LogP contribution is 2.26. The molecule has 3 aromatic rings. The van der Waals surface area contributed by atoms with Crippen LogP contribution in [-0.4, -0.2) is 28.9 Å². The zero-order valence-electron chi connectivity index (χ0n) is 19.6. The molecule has 1 N–H and O–H groups in total. The zero-order valence-corrected chi connectivity index (χ0v) is 19.6. The molecule has 5 nitrogen and oxygen atoms in total. The lowest BCUT2D eigenvalue weighted by Crippen LogP contribution is -2.38. The first-order valence-electron chi connectivity index (χ1n) is 11.6. The number of carbonyl (C=O) groups is 1. The van der Waals surface area contributed by atoms with E-state index in [9.17, 15) is 4.79 Å². The number of para-hydroxylation sites is 1. The lowest BCUT2D eigenvalue weighted by molar-refractivity contribution is -0.121. The van der Waals surface area contributed by atoms with Crippen LogP contribution in [0.4, 0.5) is 5.69 Å². The second kappa shape index (κ2) is 9.70. The Bertz CT molecular complexity index is 1060. The maximum Gasteiger partial charge on any atom is 0.227 e. The van der Waals surface area contributed by atoms with Crippen molar-refractivity contribution in [2.24, 2.45) is 5.92 Å². The van der Waals surface area contributed by atoms with Crippen LogP contribution in [0.1, 0.15) is 47.9 Å². The second-order valence-electron chi connectivity index (χ2n) is 8.88. The number of rotatable bonds is 6. The Labute approximate surface area is 190 Å². The molecule has 0 atom stereocenters. The number of amides is 1. The third-order valence-corrected chi connectivity index (χ3v) is 6.56. The van der Waals surface area contributed by atoms with Gasteiger partial charge in [0.05, 0.1) is 5.69 Å². The summed E-state index contributed by atoms with van der Waals surface area (Å²) in [4.78, 5) is 20.0. The van der Waals surface area contributed by atoms with Crippen LogP contribution in [0.3, 0.4) is 0 Å². The molecule has 1 aliphatic rings. The van der Waals surface area contributed by atoms with Crippen LogP contribution in [0.5, 0.6) is 0 Å². The number of aromatic nitrogens is 1. The summed E-state index contributed by atoms with van der Waals surface area (Å²) in [5.74, 6) is 1.74. The average molecular weight is 432 g/mol. The van der Waals surface area contributed by atoms with Crippen molar-refractivity contribution in [1.82, 2.24) is 9.88 Å². The first-order chi connectivity index (χ1) is 15.4. The molecule has 1 aliphatic heterocycles. The number of hydrogen-bond acceptors (Lipinski definition) is 4. The third kappa shape index (κ3) is 4.94. The number of nitrogens with zero attached hydrogens (tertiary/aromatic N) is 2. The van der Waals surface area contributed by atoms with E-state index in [1.54, 1.807) is 0 Å². The van der Waals surface area contributed by atoms with Crippen molar-refractivity contribution in [2.75, 3.05) is 18.4 Å². The van der Waals surface area contributed by atoms with Gasteiger partial charge in [-0.1, -0.05) is 37.3 Å². The number of carbonyl (C=O) groups excluding carboxylic acids is 1. The smallest absolute Gasteiger partial charge is 0.227 e. The number of piperidine rings is 1. The summed E-state index contributed by atoms with van der Waals surface area (Å²) in [6.45, 7) is 10.7. The Balaban J connectivity index is 1.34. The van der Waals surface area contributed by atoms with Gasteiger partial charge in [-0.05, 0) is 81.9 Å². The second-order valence-corrected chi connectivity index (χ2v) is 8.88. The minimum absolute atomic E-state index is 0.0521. The molecule has 5 heteroatoms. The molecule has 1 aromatic heterocycles. The molecule has 0 unspecified atom stereocenters. The molecular formula is C27H33N3O2. The summed E-state index contributed by atoms with van der Waals surface area (Å²) >= 11 is 0. The summed E-state index contributed by atoms with van der Waals surface area (Å²) in [6.07, 6.45) is 2.74. The van der Waals surface area contributed by atoms with E-state index in [4.69, 9.17) is 9.40 Å². The Morgan fingerprint density at radius 3 is 2.34 bits per heavy atom. The summed E-state index contributed by atoms with van der Waals surface area (Å²) in [6, 6.07) is 14.5. The molecule has 2 heterocycles. The van der Waals surface area contributed by atoms with Crippen molar-refractivity contribution in [3.05, 3.63) is 70.6 Å². The fraction of sp³-hybridized carbons (Fsp3) is 0.407. The largest absolute Gasteiger partial charge is 0.441 e. The van der Waals surface area contributed by atoms with E-state index >= 15 is 0 Å². The van der Waals surface area contributed by atoms with E-state index in [0.717, 1.165) is 72.7 Å². The Kier molecular flexibility index (Phi) is 6.75. The highest BCUT2D eigenvalue weighted by Gasteiger charge is 2.26. The first-order valence-corrected chi connectivity index (χ1v) is 11.6. The van der Waals surface area contributed by atoms with Crippen LogP contribution in [0.15, 0.2) is 46.9 Å². The van der Waals surface area contributed by atoms with E-state index in [-0.39, 0.29) is 11.8 Å². The van der Waals surface area contributed by atoms with Gasteiger partial charge in [-0.25, -0.2) is 4.98 Å². The lowest BCUT2D eigenvalue weighted by atomic mass is 9.95. The number of anilines is 1. The van der Waals surface area contributed by atoms with Gasteiger partial charge in [-0.3, -0.25) is 9.69 Å². The highest BCUT2D eigenvalue weighted by atomic mass is 16.4. The normalized spacial score (nSPS) is 15.1. The SMILES string of the molecule is CCc1ccc(-c2nc(CN3CCC(C(=O)Nc4c(C)cccc4C)CC3)c(C)o2)cc1. The zero-order chi connectivity index (χ0) is 22.7. The monoisotopic (exact) mass is 431 g/mol. The van der Waals surface area contributed by atoms with Crippen LogP contribution >= 0.6 is 0 Å². The molecule has 2 aromatic carbocycles. The molecule has 168 valence electrons. The van der Waals surface area contributed by atoms with Crippen molar-refractivity contribution in [2.45, 2.75) is 53.5 Å². The van der Waals surface area contributed by atoms with E-state index in [0.29, 0.717) is 5.89 Å². The summed E-state index contributed by atoms with van der Waals surface area (Å²) in [7, 11) is 0. The van der Waals surface area contributed by atoms with Crippen LogP contribution in [-0.2, 0) is 17.8 Å². The first kappa shape index (κ1) is 22.3. The van der Waals surface area contributed by atoms with Gasteiger partial charge in [0.25, 0.3) is 0 Å². The number of aryl methyl sites for hydroxylation is 4. The van der Waals surface area contributed by atoms with E-state index < -0.39 is 0 Å².